The third-order valence-electron chi connectivity index (χ3n) is 2.78. The Morgan fingerprint density at radius 3 is 1.92 bits per heavy atom. The van der Waals surface area contributed by atoms with Crippen molar-refractivity contribution in [3.63, 3.8) is 0 Å². The Hall–Kier alpha value is -0.780. The van der Waals surface area contributed by atoms with Gasteiger partial charge in [0.2, 0.25) is 0 Å². The molecule has 0 bridgehead atoms. The summed E-state index contributed by atoms with van der Waals surface area (Å²) in [7, 11) is 0. The van der Waals surface area contributed by atoms with Gasteiger partial charge in [0, 0.05) is 0 Å². The lowest BCUT2D eigenvalue weighted by Crippen LogP contribution is -1.84. The second kappa shape index (κ2) is 3.75. The Morgan fingerprint density at radius 2 is 1.33 bits per heavy atom. The van der Waals surface area contributed by atoms with Crippen LogP contribution in [-0.2, 0) is 0 Å². The van der Waals surface area contributed by atoms with Crippen LogP contribution in [0.1, 0.15) is 38.5 Å². The lowest BCUT2D eigenvalue weighted by Gasteiger charge is -2.04. The zero-order valence-electron chi connectivity index (χ0n) is 7.55. The molecule has 0 amide bonds. The maximum absolute atomic E-state index is 2.25. The van der Waals surface area contributed by atoms with E-state index in [2.05, 4.69) is 24.3 Å². The molecule has 12 heavy (non-hydrogen) atoms. The summed E-state index contributed by atoms with van der Waals surface area (Å²) in [5, 5.41) is 0. The summed E-state index contributed by atoms with van der Waals surface area (Å²) < 4.78 is 0. The van der Waals surface area contributed by atoms with E-state index in [0.29, 0.717) is 0 Å². The van der Waals surface area contributed by atoms with Crippen LogP contribution in [0.5, 0.6) is 0 Å². The molecule has 0 spiro atoms. The molecule has 2 aliphatic rings. The fourth-order valence-electron chi connectivity index (χ4n) is 2.05. The third kappa shape index (κ3) is 1.69. The van der Waals surface area contributed by atoms with E-state index in [1.807, 2.05) is 0 Å². The third-order valence-corrected chi connectivity index (χ3v) is 2.78. The molecule has 0 heteroatoms. The van der Waals surface area contributed by atoms with E-state index in [4.69, 9.17) is 0 Å². The highest BCUT2D eigenvalue weighted by atomic mass is 14.1. The zero-order chi connectivity index (χ0) is 8.23. The van der Waals surface area contributed by atoms with Gasteiger partial charge >= 0.3 is 0 Å². The molecule has 0 unspecified atom stereocenters. The van der Waals surface area contributed by atoms with Crippen LogP contribution in [0.3, 0.4) is 0 Å². The van der Waals surface area contributed by atoms with Crippen LogP contribution in [0, 0.1) is 0 Å². The van der Waals surface area contributed by atoms with Gasteiger partial charge in [0.1, 0.15) is 0 Å². The Morgan fingerprint density at radius 1 is 0.750 bits per heavy atom. The summed E-state index contributed by atoms with van der Waals surface area (Å²) in [6, 6.07) is 0. The van der Waals surface area contributed by atoms with Crippen LogP contribution in [0.2, 0.25) is 0 Å². The van der Waals surface area contributed by atoms with Crippen LogP contribution < -0.4 is 0 Å². The molecular weight excluding hydrogens is 144 g/mol. The van der Waals surface area contributed by atoms with Gasteiger partial charge in [-0.05, 0) is 31.3 Å². The average molecular weight is 160 g/mol. The predicted octanol–water partition coefficient (Wildman–Crippen LogP) is 3.76. The van der Waals surface area contributed by atoms with E-state index in [-0.39, 0.29) is 0 Å². The summed E-state index contributed by atoms with van der Waals surface area (Å²) >= 11 is 0. The van der Waals surface area contributed by atoms with E-state index in [9.17, 15) is 0 Å². The smallest absolute Gasteiger partial charge is 0.0265 e. The first-order chi connectivity index (χ1) is 5.97. The lowest BCUT2D eigenvalue weighted by molar-refractivity contribution is 0.702. The van der Waals surface area contributed by atoms with Crippen molar-refractivity contribution in [1.29, 1.82) is 0 Å². The van der Waals surface area contributed by atoms with Gasteiger partial charge in [0.05, 0.1) is 0 Å². The van der Waals surface area contributed by atoms with Gasteiger partial charge in [-0.1, -0.05) is 42.7 Å². The maximum atomic E-state index is 2.25. The van der Waals surface area contributed by atoms with Gasteiger partial charge in [0.25, 0.3) is 0 Å². The fourth-order valence-corrected chi connectivity index (χ4v) is 2.05. The molecule has 0 aromatic rings. The summed E-state index contributed by atoms with van der Waals surface area (Å²) in [4.78, 5) is 0. The molecule has 1 saturated carbocycles. The minimum atomic E-state index is 1.34. The second-order valence-corrected chi connectivity index (χ2v) is 3.69. The number of hydrogen-bond donors (Lipinski definition) is 0. The van der Waals surface area contributed by atoms with Crippen molar-refractivity contribution in [2.24, 2.45) is 0 Å². The molecule has 0 aromatic heterocycles. The Balaban J connectivity index is 2.14. The van der Waals surface area contributed by atoms with E-state index in [1.54, 1.807) is 5.57 Å². The van der Waals surface area contributed by atoms with Crippen LogP contribution in [-0.4, -0.2) is 0 Å². The highest BCUT2D eigenvalue weighted by Crippen LogP contribution is 2.27. The predicted molar refractivity (Wildman–Crippen MR) is 53.0 cm³/mol. The average Bonchev–Trinajstić information content (AvgIpc) is 2.48. The fraction of sp³-hybridized carbons (Fsp3) is 0.500. The minimum Gasteiger partial charge on any atom is -0.0630 e. The molecule has 2 aliphatic carbocycles. The van der Waals surface area contributed by atoms with Crippen LogP contribution in [0.25, 0.3) is 0 Å². The molecule has 64 valence electrons. The van der Waals surface area contributed by atoms with Gasteiger partial charge in [-0.25, -0.2) is 0 Å². The Labute approximate surface area is 74.7 Å². The number of allylic oxidation sites excluding steroid dienone is 6. The molecule has 0 saturated heterocycles. The van der Waals surface area contributed by atoms with Crippen LogP contribution in [0.15, 0.2) is 35.5 Å². The quantitative estimate of drug-likeness (QED) is 0.473. The molecule has 0 aromatic carbocycles. The highest BCUT2D eigenvalue weighted by Gasteiger charge is 2.07. The standard InChI is InChI=1S/C12H16/c1-2-4-8-11(7-3-1)12-9-5-6-10-12/h5-6,9-10H,1-4,7-8H2. The van der Waals surface area contributed by atoms with E-state index < -0.39 is 0 Å². The first-order valence-corrected chi connectivity index (χ1v) is 5.03. The van der Waals surface area contributed by atoms with Crippen molar-refractivity contribution in [3.8, 4) is 0 Å². The summed E-state index contributed by atoms with van der Waals surface area (Å²) in [6.07, 6.45) is 17.1. The summed E-state index contributed by atoms with van der Waals surface area (Å²) in [5.41, 5.74) is 3.19. The molecule has 0 aliphatic heterocycles. The van der Waals surface area contributed by atoms with Crippen molar-refractivity contribution in [1.82, 2.24) is 0 Å². The summed E-state index contributed by atoms with van der Waals surface area (Å²) in [6.45, 7) is 0. The lowest BCUT2D eigenvalue weighted by atomic mass is 10.0. The van der Waals surface area contributed by atoms with Crippen molar-refractivity contribution < 1.29 is 0 Å². The van der Waals surface area contributed by atoms with Crippen molar-refractivity contribution in [2.45, 2.75) is 38.5 Å². The Kier molecular flexibility index (Phi) is 2.45. The monoisotopic (exact) mass is 160 g/mol. The molecule has 0 heterocycles. The molecule has 0 N–H and O–H groups in total. The zero-order valence-corrected chi connectivity index (χ0v) is 7.55. The molecule has 0 radical (unpaired) electrons. The molecule has 1 fully saturated rings. The van der Waals surface area contributed by atoms with E-state index in [0.717, 1.165) is 0 Å². The van der Waals surface area contributed by atoms with Gasteiger partial charge in [-0.15, -0.1) is 0 Å². The first-order valence-electron chi connectivity index (χ1n) is 5.03. The van der Waals surface area contributed by atoms with Crippen molar-refractivity contribution in [2.75, 3.05) is 0 Å². The normalized spacial score (nSPS) is 23.3. The van der Waals surface area contributed by atoms with E-state index >= 15 is 0 Å². The van der Waals surface area contributed by atoms with Gasteiger partial charge in [-0.3, -0.25) is 0 Å². The largest absolute Gasteiger partial charge is 0.0630 e. The number of hydrogen-bond acceptors (Lipinski definition) is 0. The molecular formula is C12H16. The maximum Gasteiger partial charge on any atom is -0.0265 e. The second-order valence-electron chi connectivity index (χ2n) is 3.69. The van der Waals surface area contributed by atoms with Gasteiger partial charge in [0.15, 0.2) is 0 Å². The first kappa shape index (κ1) is 7.85. The topological polar surface area (TPSA) is 0 Å². The van der Waals surface area contributed by atoms with Gasteiger partial charge < -0.3 is 0 Å². The molecule has 2 rings (SSSR count). The van der Waals surface area contributed by atoms with Gasteiger partial charge in [-0.2, -0.15) is 0 Å². The van der Waals surface area contributed by atoms with Crippen LogP contribution in [0.4, 0.5) is 0 Å². The minimum absolute atomic E-state index is 1.34. The number of rotatable bonds is 0. The van der Waals surface area contributed by atoms with E-state index in [1.165, 1.54) is 44.1 Å². The van der Waals surface area contributed by atoms with Crippen molar-refractivity contribution >= 4 is 0 Å². The van der Waals surface area contributed by atoms with Crippen molar-refractivity contribution in [3.05, 3.63) is 35.5 Å². The Bertz CT molecular complexity index is 217. The summed E-state index contributed by atoms with van der Waals surface area (Å²) in [5.74, 6) is 0. The molecule has 0 nitrogen and oxygen atoms in total. The van der Waals surface area contributed by atoms with Crippen LogP contribution >= 0.6 is 0 Å². The molecule has 0 atom stereocenters. The SMILES string of the molecule is C1=CC(=C2CCCCCC2)C=C1. The highest BCUT2D eigenvalue weighted by molar-refractivity contribution is 5.43.